The van der Waals surface area contributed by atoms with Gasteiger partial charge in [0.25, 0.3) is 0 Å². The predicted molar refractivity (Wildman–Crippen MR) is 72.3 cm³/mol. The van der Waals surface area contributed by atoms with Crippen LogP contribution in [0.4, 0.5) is 4.39 Å². The number of hydrogen-bond donors (Lipinski definition) is 1. The molecule has 4 nitrogen and oxygen atoms in total. The molecule has 1 N–H and O–H groups in total. The lowest BCUT2D eigenvalue weighted by molar-refractivity contribution is -0.137. The number of nitrogens with zero attached hydrogens (tertiary/aromatic N) is 2. The van der Waals surface area contributed by atoms with Gasteiger partial charge < -0.3 is 9.67 Å². The van der Waals surface area contributed by atoms with Gasteiger partial charge >= 0.3 is 5.97 Å². The fourth-order valence-corrected chi connectivity index (χ4v) is 2.58. The molecule has 0 saturated carbocycles. The molecule has 0 bridgehead atoms. The second-order valence-corrected chi connectivity index (χ2v) is 4.85. The number of halogens is 2. The average Bonchev–Trinajstić information content (AvgIpc) is 2.63. The maximum absolute atomic E-state index is 13.8. The highest BCUT2D eigenvalue weighted by Gasteiger charge is 2.17. The third kappa shape index (κ3) is 2.84. The van der Waals surface area contributed by atoms with Gasteiger partial charge in [0.15, 0.2) is 0 Å². The molecule has 0 aliphatic carbocycles. The Labute approximate surface area is 118 Å². The van der Waals surface area contributed by atoms with E-state index in [4.69, 9.17) is 5.11 Å². The van der Waals surface area contributed by atoms with E-state index in [2.05, 4.69) is 20.9 Å². The summed E-state index contributed by atoms with van der Waals surface area (Å²) in [7, 11) is 1.75. The smallest absolute Gasteiger partial charge is 0.303 e. The van der Waals surface area contributed by atoms with Crippen molar-refractivity contribution in [2.45, 2.75) is 12.8 Å². The number of carboxylic acids is 1. The standard InChI is InChI=1S/C13H12BrFN2O2/c1-17-10(6-7-11(18)19)16-13(14)12(17)8-4-2-3-5-9(8)15/h2-5H,6-7H2,1H3,(H,18,19). The summed E-state index contributed by atoms with van der Waals surface area (Å²) < 4.78 is 16.0. The Hall–Kier alpha value is -1.69. The topological polar surface area (TPSA) is 55.1 Å². The first-order valence-corrected chi connectivity index (χ1v) is 6.47. The van der Waals surface area contributed by atoms with Crippen molar-refractivity contribution in [1.29, 1.82) is 0 Å². The summed E-state index contributed by atoms with van der Waals surface area (Å²) in [6.07, 6.45) is 0.299. The van der Waals surface area contributed by atoms with E-state index >= 15 is 0 Å². The fraction of sp³-hybridized carbons (Fsp3) is 0.231. The molecule has 2 rings (SSSR count). The molecule has 19 heavy (non-hydrogen) atoms. The summed E-state index contributed by atoms with van der Waals surface area (Å²) >= 11 is 3.30. The van der Waals surface area contributed by atoms with Crippen LogP contribution in [0.5, 0.6) is 0 Å². The minimum Gasteiger partial charge on any atom is -0.481 e. The van der Waals surface area contributed by atoms with E-state index in [1.165, 1.54) is 6.07 Å². The molecule has 100 valence electrons. The van der Waals surface area contributed by atoms with Crippen molar-refractivity contribution in [2.24, 2.45) is 7.05 Å². The normalized spacial score (nSPS) is 10.7. The van der Waals surface area contributed by atoms with Crippen LogP contribution in [0, 0.1) is 5.82 Å². The second-order valence-electron chi connectivity index (χ2n) is 4.10. The van der Waals surface area contributed by atoms with Gasteiger partial charge in [-0.3, -0.25) is 4.79 Å². The molecule has 0 radical (unpaired) electrons. The van der Waals surface area contributed by atoms with Crippen LogP contribution in [0.3, 0.4) is 0 Å². The Morgan fingerprint density at radius 1 is 1.47 bits per heavy atom. The molecule has 1 aromatic heterocycles. The van der Waals surface area contributed by atoms with E-state index in [1.54, 1.807) is 29.8 Å². The maximum atomic E-state index is 13.8. The van der Waals surface area contributed by atoms with Crippen LogP contribution in [0.15, 0.2) is 28.9 Å². The number of rotatable bonds is 4. The monoisotopic (exact) mass is 326 g/mol. The highest BCUT2D eigenvalue weighted by atomic mass is 79.9. The number of aryl methyl sites for hydroxylation is 1. The van der Waals surface area contributed by atoms with E-state index in [1.807, 2.05) is 0 Å². The highest BCUT2D eigenvalue weighted by Crippen LogP contribution is 2.30. The third-order valence-electron chi connectivity index (χ3n) is 2.84. The largest absolute Gasteiger partial charge is 0.481 e. The minimum atomic E-state index is -0.883. The van der Waals surface area contributed by atoms with Crippen LogP contribution in [0.25, 0.3) is 11.3 Å². The van der Waals surface area contributed by atoms with Crippen molar-refractivity contribution in [1.82, 2.24) is 9.55 Å². The van der Waals surface area contributed by atoms with Crippen molar-refractivity contribution < 1.29 is 14.3 Å². The fourth-order valence-electron chi connectivity index (χ4n) is 1.90. The van der Waals surface area contributed by atoms with Gasteiger partial charge in [0.2, 0.25) is 0 Å². The van der Waals surface area contributed by atoms with E-state index in [0.717, 1.165) is 0 Å². The van der Waals surface area contributed by atoms with Gasteiger partial charge in [-0.1, -0.05) is 12.1 Å². The second kappa shape index (κ2) is 5.52. The Balaban J connectivity index is 2.42. The van der Waals surface area contributed by atoms with Gasteiger partial charge in [-0.05, 0) is 28.1 Å². The summed E-state index contributed by atoms with van der Waals surface area (Å²) in [5, 5.41) is 8.69. The maximum Gasteiger partial charge on any atom is 0.303 e. The van der Waals surface area contributed by atoms with Crippen LogP contribution in [0.2, 0.25) is 0 Å². The quantitative estimate of drug-likeness (QED) is 0.939. The number of carbonyl (C=O) groups is 1. The lowest BCUT2D eigenvalue weighted by Gasteiger charge is -2.06. The molecule has 2 aromatic rings. The lowest BCUT2D eigenvalue weighted by Crippen LogP contribution is -2.04. The molecule has 6 heteroatoms. The molecule has 0 fully saturated rings. The van der Waals surface area contributed by atoms with E-state index in [-0.39, 0.29) is 12.2 Å². The zero-order chi connectivity index (χ0) is 14.0. The summed E-state index contributed by atoms with van der Waals surface area (Å²) in [5.41, 5.74) is 1.05. The molecule has 1 heterocycles. The molecule has 0 unspecified atom stereocenters. The van der Waals surface area contributed by atoms with Crippen LogP contribution in [-0.4, -0.2) is 20.6 Å². The Kier molecular flexibility index (Phi) is 3.99. The van der Waals surface area contributed by atoms with E-state index in [9.17, 15) is 9.18 Å². The van der Waals surface area contributed by atoms with Gasteiger partial charge in [0.1, 0.15) is 16.2 Å². The summed E-state index contributed by atoms with van der Waals surface area (Å²) in [5.74, 6) is -0.616. The van der Waals surface area contributed by atoms with Gasteiger partial charge in [0, 0.05) is 19.0 Å². The van der Waals surface area contributed by atoms with Crippen molar-refractivity contribution in [3.8, 4) is 11.3 Å². The lowest BCUT2D eigenvalue weighted by atomic mass is 10.1. The average molecular weight is 327 g/mol. The van der Waals surface area contributed by atoms with Gasteiger partial charge in [-0.2, -0.15) is 0 Å². The van der Waals surface area contributed by atoms with Crippen LogP contribution in [-0.2, 0) is 18.3 Å². The number of hydrogen-bond acceptors (Lipinski definition) is 2. The first-order chi connectivity index (χ1) is 9.00. The Bertz CT molecular complexity index is 625. The van der Waals surface area contributed by atoms with Crippen molar-refractivity contribution in [2.75, 3.05) is 0 Å². The Morgan fingerprint density at radius 3 is 2.79 bits per heavy atom. The summed E-state index contributed by atoms with van der Waals surface area (Å²) in [6, 6.07) is 6.41. The number of aromatic nitrogens is 2. The molecule has 0 aliphatic heterocycles. The van der Waals surface area contributed by atoms with Crippen LogP contribution < -0.4 is 0 Å². The van der Waals surface area contributed by atoms with Gasteiger partial charge in [-0.25, -0.2) is 9.37 Å². The Morgan fingerprint density at radius 2 is 2.16 bits per heavy atom. The van der Waals surface area contributed by atoms with Crippen LogP contribution in [0.1, 0.15) is 12.2 Å². The highest BCUT2D eigenvalue weighted by molar-refractivity contribution is 9.10. The van der Waals surface area contributed by atoms with Crippen molar-refractivity contribution in [3.05, 3.63) is 40.5 Å². The van der Waals surface area contributed by atoms with Crippen molar-refractivity contribution in [3.63, 3.8) is 0 Å². The molecule has 0 aliphatic rings. The summed E-state index contributed by atoms with van der Waals surface area (Å²) in [6.45, 7) is 0. The predicted octanol–water partition coefficient (Wildman–Crippen LogP) is 3.01. The zero-order valence-electron chi connectivity index (χ0n) is 10.2. The number of aliphatic carboxylic acids is 1. The number of carboxylic acid groups (broad SMARTS) is 1. The SMILES string of the molecule is Cn1c(CCC(=O)O)nc(Br)c1-c1ccccc1F. The molecular formula is C13H12BrFN2O2. The third-order valence-corrected chi connectivity index (χ3v) is 3.39. The van der Waals surface area contributed by atoms with E-state index in [0.29, 0.717) is 28.1 Å². The number of imidazole rings is 1. The molecule has 0 saturated heterocycles. The molecule has 0 atom stereocenters. The molecule has 0 spiro atoms. The molecule has 1 aromatic carbocycles. The first kappa shape index (κ1) is 13.7. The van der Waals surface area contributed by atoms with E-state index < -0.39 is 5.97 Å². The number of benzene rings is 1. The first-order valence-electron chi connectivity index (χ1n) is 5.68. The molecular weight excluding hydrogens is 315 g/mol. The zero-order valence-corrected chi connectivity index (χ0v) is 11.8. The minimum absolute atomic E-state index is 0.00595. The van der Waals surface area contributed by atoms with Crippen molar-refractivity contribution >= 4 is 21.9 Å². The molecule has 0 amide bonds. The summed E-state index contributed by atoms with van der Waals surface area (Å²) in [4.78, 5) is 14.8. The van der Waals surface area contributed by atoms with Gasteiger partial charge in [0.05, 0.1) is 12.1 Å². The van der Waals surface area contributed by atoms with Crippen LogP contribution >= 0.6 is 15.9 Å². The van der Waals surface area contributed by atoms with Gasteiger partial charge in [-0.15, -0.1) is 0 Å².